The molecular formula is C8H13Cl3N4. The fourth-order valence-corrected chi connectivity index (χ4v) is 1.83. The summed E-state index contributed by atoms with van der Waals surface area (Å²) in [5.41, 5.74) is 5.72. The molecule has 0 radical (unpaired) electrons. The number of alkyl halides is 1. The number of hydrogen-bond acceptors (Lipinski definition) is 3. The van der Waals surface area contributed by atoms with Gasteiger partial charge in [-0.1, -0.05) is 0 Å². The van der Waals surface area contributed by atoms with Gasteiger partial charge in [-0.2, -0.15) is 0 Å². The van der Waals surface area contributed by atoms with Crippen LogP contribution in [0.15, 0.2) is 12.3 Å². The summed E-state index contributed by atoms with van der Waals surface area (Å²) in [4.78, 5) is 6.24. The fraction of sp³-hybridized carbons (Fsp3) is 0.500. The Kier molecular flexibility index (Phi) is 6.02. The van der Waals surface area contributed by atoms with Crippen molar-refractivity contribution < 1.29 is 17.0 Å². The lowest BCUT2D eigenvalue weighted by Gasteiger charge is -2.10. The van der Waals surface area contributed by atoms with Gasteiger partial charge in [-0.25, -0.2) is 4.57 Å². The second-order valence-corrected chi connectivity index (χ2v) is 3.37. The molecule has 0 saturated heterocycles. The normalized spacial score (nSPS) is 12.7. The largest absolute Gasteiger partial charge is 1.00 e. The van der Waals surface area contributed by atoms with E-state index in [1.807, 2.05) is 10.6 Å². The second kappa shape index (κ2) is 6.20. The lowest BCUT2D eigenvalue weighted by atomic mass is 10.5. The third-order valence-corrected chi connectivity index (χ3v) is 2.42. The van der Waals surface area contributed by atoms with Gasteiger partial charge in [-0.3, -0.25) is 0 Å². The van der Waals surface area contributed by atoms with Crippen LogP contribution in [-0.2, 0) is 6.54 Å². The average Bonchev–Trinajstić information content (AvgIpc) is 2.51. The molecule has 7 heteroatoms. The Hall–Kier alpha value is -0.450. The molecule has 0 aliphatic carbocycles. The number of hydrogen-bond donors (Lipinski definition) is 1. The zero-order chi connectivity index (χ0) is 9.26. The highest BCUT2D eigenvalue weighted by Crippen LogP contribution is 2.13. The van der Waals surface area contributed by atoms with Crippen molar-refractivity contribution in [1.82, 2.24) is 4.98 Å². The van der Waals surface area contributed by atoms with Crippen LogP contribution in [0.4, 0.5) is 11.8 Å². The van der Waals surface area contributed by atoms with Gasteiger partial charge < -0.3 is 23.0 Å². The van der Waals surface area contributed by atoms with E-state index in [0.29, 0.717) is 11.8 Å². The van der Waals surface area contributed by atoms with Gasteiger partial charge in [0.25, 0.3) is 0 Å². The third-order valence-electron chi connectivity index (χ3n) is 2.26. The van der Waals surface area contributed by atoms with Crippen LogP contribution in [0.25, 0.3) is 0 Å². The van der Waals surface area contributed by atoms with Gasteiger partial charge >= 0.3 is 5.95 Å². The maximum Gasteiger partial charge on any atom is 0.344 e. The number of nitrogen functional groups attached to an aromatic ring is 1. The van der Waals surface area contributed by atoms with Gasteiger partial charge in [0, 0.05) is 11.9 Å². The molecule has 2 N–H and O–H groups in total. The number of aromatic nitrogens is 2. The quantitative estimate of drug-likeness (QED) is 0.475. The number of rotatable bonds is 2. The zero-order valence-corrected chi connectivity index (χ0v) is 10.4. The Morgan fingerprint density at radius 2 is 2.33 bits per heavy atom. The van der Waals surface area contributed by atoms with Crippen LogP contribution in [0.2, 0.25) is 0 Å². The summed E-state index contributed by atoms with van der Waals surface area (Å²) in [7, 11) is 0. The Balaban J connectivity index is 0.000000980. The van der Waals surface area contributed by atoms with Gasteiger partial charge in [0.1, 0.15) is 0 Å². The average molecular weight is 272 g/mol. The van der Waals surface area contributed by atoms with E-state index in [-0.39, 0.29) is 24.8 Å². The van der Waals surface area contributed by atoms with E-state index in [2.05, 4.69) is 9.88 Å². The molecule has 0 saturated carbocycles. The van der Waals surface area contributed by atoms with Gasteiger partial charge in [-0.15, -0.1) is 29.0 Å². The molecule has 0 aromatic carbocycles. The SMILES string of the molecule is Cl.Nc1nccc2[n+]1CCN2CCCl.[Cl-]. The predicted octanol–water partition coefficient (Wildman–Crippen LogP) is -2.56. The smallest absolute Gasteiger partial charge is 0.344 e. The molecule has 0 spiro atoms. The van der Waals surface area contributed by atoms with E-state index in [4.69, 9.17) is 17.3 Å². The van der Waals surface area contributed by atoms with Crippen molar-refractivity contribution in [2.24, 2.45) is 0 Å². The minimum Gasteiger partial charge on any atom is -1.00 e. The number of fused-ring (bicyclic) bond motifs is 1. The predicted molar refractivity (Wildman–Crippen MR) is 59.0 cm³/mol. The highest BCUT2D eigenvalue weighted by Gasteiger charge is 2.24. The summed E-state index contributed by atoms with van der Waals surface area (Å²) in [6.45, 7) is 2.75. The minimum atomic E-state index is 0. The first-order valence-electron chi connectivity index (χ1n) is 4.28. The maximum atomic E-state index is 5.72. The maximum absolute atomic E-state index is 5.72. The fourth-order valence-electron chi connectivity index (χ4n) is 1.63. The summed E-state index contributed by atoms with van der Waals surface area (Å²) < 4.78 is 2.01. The summed E-state index contributed by atoms with van der Waals surface area (Å²) >= 11 is 5.69. The van der Waals surface area contributed by atoms with E-state index >= 15 is 0 Å². The lowest BCUT2D eigenvalue weighted by Crippen LogP contribution is -3.00. The number of anilines is 2. The standard InChI is InChI=1S/C8H11ClN4.2ClH/c9-2-4-12-5-6-13-7(12)1-3-11-8(13)10;;/h1,3,10H,2,4-6H2;2*1H. The van der Waals surface area contributed by atoms with E-state index in [1.54, 1.807) is 6.20 Å². The molecule has 1 aliphatic rings. The highest BCUT2D eigenvalue weighted by atomic mass is 35.5. The van der Waals surface area contributed by atoms with Crippen LogP contribution < -0.4 is 27.6 Å². The van der Waals surface area contributed by atoms with E-state index in [0.717, 1.165) is 25.5 Å². The van der Waals surface area contributed by atoms with E-state index in [1.165, 1.54) is 0 Å². The molecule has 1 aromatic rings. The molecular weight excluding hydrogens is 258 g/mol. The zero-order valence-electron chi connectivity index (χ0n) is 8.07. The summed E-state index contributed by atoms with van der Waals surface area (Å²) in [6.07, 6.45) is 1.73. The Labute approximate surface area is 106 Å². The van der Waals surface area contributed by atoms with Crippen molar-refractivity contribution >= 4 is 35.8 Å². The highest BCUT2D eigenvalue weighted by molar-refractivity contribution is 6.18. The molecule has 86 valence electrons. The van der Waals surface area contributed by atoms with Crippen LogP contribution in [0, 0.1) is 0 Å². The Morgan fingerprint density at radius 3 is 3.00 bits per heavy atom. The Bertz CT molecular complexity index is 321. The van der Waals surface area contributed by atoms with E-state index in [9.17, 15) is 0 Å². The molecule has 1 aliphatic heterocycles. The lowest BCUT2D eigenvalue weighted by molar-refractivity contribution is -0.658. The van der Waals surface area contributed by atoms with Gasteiger partial charge in [0.15, 0.2) is 0 Å². The van der Waals surface area contributed by atoms with Crippen LogP contribution >= 0.6 is 24.0 Å². The van der Waals surface area contributed by atoms with E-state index < -0.39 is 0 Å². The molecule has 1 aromatic heterocycles. The molecule has 4 nitrogen and oxygen atoms in total. The van der Waals surface area contributed by atoms with Crippen LogP contribution in [0.5, 0.6) is 0 Å². The van der Waals surface area contributed by atoms with Crippen molar-refractivity contribution in [3.05, 3.63) is 12.3 Å². The van der Waals surface area contributed by atoms with Gasteiger partial charge in [0.2, 0.25) is 5.82 Å². The molecule has 2 rings (SSSR count). The minimum absolute atomic E-state index is 0. The second-order valence-electron chi connectivity index (χ2n) is 2.99. The summed E-state index contributed by atoms with van der Waals surface area (Å²) in [5, 5.41) is 0. The molecule has 0 bridgehead atoms. The summed E-state index contributed by atoms with van der Waals surface area (Å²) in [6, 6.07) is 1.97. The number of nitrogens with zero attached hydrogens (tertiary/aromatic N) is 3. The van der Waals surface area contributed by atoms with Crippen molar-refractivity contribution in [2.45, 2.75) is 6.54 Å². The third kappa shape index (κ3) is 2.77. The monoisotopic (exact) mass is 270 g/mol. The van der Waals surface area contributed by atoms with Crippen LogP contribution in [-0.4, -0.2) is 24.0 Å². The molecule has 0 fully saturated rings. The Morgan fingerprint density at radius 1 is 1.60 bits per heavy atom. The molecule has 2 heterocycles. The van der Waals surface area contributed by atoms with Gasteiger partial charge in [0.05, 0.1) is 25.8 Å². The first-order valence-corrected chi connectivity index (χ1v) is 4.81. The summed E-state index contributed by atoms with van der Waals surface area (Å²) in [5.74, 6) is 2.34. The van der Waals surface area contributed by atoms with Crippen molar-refractivity contribution in [2.75, 3.05) is 29.6 Å². The first-order chi connectivity index (χ1) is 6.33. The first kappa shape index (κ1) is 14.6. The van der Waals surface area contributed by atoms with Crippen molar-refractivity contribution in [3.63, 3.8) is 0 Å². The van der Waals surface area contributed by atoms with Crippen LogP contribution in [0.1, 0.15) is 0 Å². The van der Waals surface area contributed by atoms with Crippen molar-refractivity contribution in [1.29, 1.82) is 0 Å². The van der Waals surface area contributed by atoms with Crippen LogP contribution in [0.3, 0.4) is 0 Å². The molecule has 0 unspecified atom stereocenters. The number of nitrogens with two attached hydrogens (primary N) is 1. The van der Waals surface area contributed by atoms with Crippen molar-refractivity contribution in [3.8, 4) is 0 Å². The number of halogens is 3. The molecule has 0 atom stereocenters. The topological polar surface area (TPSA) is 46.0 Å². The van der Waals surface area contributed by atoms with Gasteiger partial charge in [-0.05, 0) is 0 Å². The molecule has 0 amide bonds. The molecule has 15 heavy (non-hydrogen) atoms.